The predicted octanol–water partition coefficient (Wildman–Crippen LogP) is 3.92. The quantitative estimate of drug-likeness (QED) is 0.919. The van der Waals surface area contributed by atoms with Gasteiger partial charge in [0.25, 0.3) is 5.91 Å². The van der Waals surface area contributed by atoms with Crippen LogP contribution in [0.1, 0.15) is 47.2 Å². The van der Waals surface area contributed by atoms with Gasteiger partial charge in [-0.15, -0.1) is 0 Å². The molecular formula is C22H26N2O. The number of amides is 1. The largest absolute Gasteiger partial charge is 0.349 e. The van der Waals surface area contributed by atoms with E-state index < -0.39 is 0 Å². The number of nitrogens with zero attached hydrogens (tertiary/aromatic N) is 1. The Hall–Kier alpha value is -2.13. The molecule has 2 aliphatic rings. The third-order valence-corrected chi connectivity index (χ3v) is 5.74. The zero-order chi connectivity index (χ0) is 17.2. The van der Waals surface area contributed by atoms with Crippen LogP contribution in [0.15, 0.2) is 54.6 Å². The summed E-state index contributed by atoms with van der Waals surface area (Å²) in [5.41, 5.74) is 3.34. The number of hydrogen-bond donors (Lipinski definition) is 1. The molecule has 2 aliphatic heterocycles. The Balaban J connectivity index is 1.38. The number of hydrogen-bond acceptors (Lipinski definition) is 2. The molecule has 3 atom stereocenters. The van der Waals surface area contributed by atoms with Crippen LogP contribution in [0, 0.1) is 6.92 Å². The highest BCUT2D eigenvalue weighted by Gasteiger charge is 2.40. The van der Waals surface area contributed by atoms with Crippen molar-refractivity contribution in [2.24, 2.45) is 0 Å². The molecule has 4 rings (SSSR count). The van der Waals surface area contributed by atoms with Gasteiger partial charge in [-0.2, -0.15) is 0 Å². The molecule has 0 spiro atoms. The summed E-state index contributed by atoms with van der Waals surface area (Å²) in [4.78, 5) is 15.2. The molecule has 2 aromatic carbocycles. The third kappa shape index (κ3) is 3.62. The van der Waals surface area contributed by atoms with Crippen molar-refractivity contribution in [1.82, 2.24) is 10.2 Å². The summed E-state index contributed by atoms with van der Waals surface area (Å²) in [5.74, 6) is 0.0703. The summed E-state index contributed by atoms with van der Waals surface area (Å²) in [7, 11) is 0. The van der Waals surface area contributed by atoms with Gasteiger partial charge < -0.3 is 5.32 Å². The highest BCUT2D eigenvalue weighted by atomic mass is 16.1. The molecule has 3 nitrogen and oxygen atoms in total. The minimum Gasteiger partial charge on any atom is -0.349 e. The molecule has 0 aliphatic carbocycles. The van der Waals surface area contributed by atoms with Crippen molar-refractivity contribution in [1.29, 1.82) is 0 Å². The average Bonchev–Trinajstić information content (AvgIpc) is 2.86. The van der Waals surface area contributed by atoms with Crippen molar-refractivity contribution in [2.75, 3.05) is 0 Å². The molecule has 2 bridgehead atoms. The highest BCUT2D eigenvalue weighted by Crippen LogP contribution is 2.36. The molecule has 25 heavy (non-hydrogen) atoms. The van der Waals surface area contributed by atoms with Crippen molar-refractivity contribution in [3.8, 4) is 0 Å². The van der Waals surface area contributed by atoms with Gasteiger partial charge in [-0.3, -0.25) is 9.69 Å². The standard InChI is InChI=1S/C22H26N2O/c1-16-7-9-18(10-8-16)22(25)23-19-13-20-11-12-21(14-19)24(20)15-17-5-3-2-4-6-17/h2-10,19-21H,11-15H2,1H3,(H,23,25)/t19?,20-,21+. The van der Waals surface area contributed by atoms with Crippen molar-refractivity contribution in [2.45, 2.75) is 57.3 Å². The summed E-state index contributed by atoms with van der Waals surface area (Å²) in [6, 6.07) is 20.1. The first kappa shape index (κ1) is 16.3. The van der Waals surface area contributed by atoms with Crippen LogP contribution in [-0.2, 0) is 6.54 Å². The smallest absolute Gasteiger partial charge is 0.251 e. The molecule has 2 heterocycles. The fraction of sp³-hybridized carbons (Fsp3) is 0.409. The Morgan fingerprint density at radius 3 is 2.28 bits per heavy atom. The fourth-order valence-electron chi connectivity index (χ4n) is 4.42. The lowest BCUT2D eigenvalue weighted by Crippen LogP contribution is -2.49. The van der Waals surface area contributed by atoms with Gasteiger partial charge in [0.05, 0.1) is 0 Å². The zero-order valence-electron chi connectivity index (χ0n) is 14.8. The van der Waals surface area contributed by atoms with E-state index in [0.717, 1.165) is 24.9 Å². The molecule has 2 fully saturated rings. The summed E-state index contributed by atoms with van der Waals surface area (Å²) >= 11 is 0. The highest BCUT2D eigenvalue weighted by molar-refractivity contribution is 5.94. The van der Waals surface area contributed by atoms with E-state index >= 15 is 0 Å². The molecular weight excluding hydrogens is 308 g/mol. The Labute approximate surface area is 150 Å². The lowest BCUT2D eigenvalue weighted by atomic mass is 9.96. The normalized spacial score (nSPS) is 25.7. The van der Waals surface area contributed by atoms with E-state index in [1.54, 1.807) is 0 Å². The Bertz CT molecular complexity index is 711. The number of piperidine rings is 1. The molecule has 2 saturated heterocycles. The van der Waals surface area contributed by atoms with Gasteiger partial charge in [0.1, 0.15) is 0 Å². The number of carbonyl (C=O) groups is 1. The van der Waals surface area contributed by atoms with Crippen molar-refractivity contribution >= 4 is 5.91 Å². The van der Waals surface area contributed by atoms with E-state index in [1.165, 1.54) is 24.0 Å². The molecule has 0 aromatic heterocycles. The van der Waals surface area contributed by atoms with E-state index in [-0.39, 0.29) is 5.91 Å². The first-order chi connectivity index (χ1) is 12.2. The van der Waals surface area contributed by atoms with E-state index in [0.29, 0.717) is 18.1 Å². The minimum absolute atomic E-state index is 0.0703. The lowest BCUT2D eigenvalue weighted by Gasteiger charge is -2.39. The maximum Gasteiger partial charge on any atom is 0.251 e. The summed E-state index contributed by atoms with van der Waals surface area (Å²) < 4.78 is 0. The van der Waals surface area contributed by atoms with E-state index in [2.05, 4.69) is 40.5 Å². The van der Waals surface area contributed by atoms with Crippen molar-refractivity contribution in [3.63, 3.8) is 0 Å². The molecule has 130 valence electrons. The van der Waals surface area contributed by atoms with Crippen LogP contribution in [0.25, 0.3) is 0 Å². The maximum atomic E-state index is 12.5. The SMILES string of the molecule is Cc1ccc(C(=O)NC2C[C@H]3CC[C@@H](C2)N3Cc2ccccc2)cc1. The number of benzene rings is 2. The van der Waals surface area contributed by atoms with Gasteiger partial charge in [0.15, 0.2) is 0 Å². The van der Waals surface area contributed by atoms with Crippen LogP contribution in [0.2, 0.25) is 0 Å². The second-order valence-electron chi connectivity index (χ2n) is 7.55. The Morgan fingerprint density at radius 1 is 1.00 bits per heavy atom. The van der Waals surface area contributed by atoms with Crippen LogP contribution in [0.4, 0.5) is 0 Å². The first-order valence-corrected chi connectivity index (χ1v) is 9.36. The average molecular weight is 334 g/mol. The number of carbonyl (C=O) groups excluding carboxylic acids is 1. The first-order valence-electron chi connectivity index (χ1n) is 9.36. The monoisotopic (exact) mass is 334 g/mol. The molecule has 1 amide bonds. The molecule has 0 saturated carbocycles. The molecule has 0 radical (unpaired) electrons. The molecule has 1 N–H and O–H groups in total. The van der Waals surface area contributed by atoms with Gasteiger partial charge in [-0.05, 0) is 50.3 Å². The minimum atomic E-state index is 0.0703. The van der Waals surface area contributed by atoms with Crippen molar-refractivity contribution in [3.05, 3.63) is 71.3 Å². The van der Waals surface area contributed by atoms with Crippen LogP contribution in [0.5, 0.6) is 0 Å². The Morgan fingerprint density at radius 2 is 1.64 bits per heavy atom. The molecule has 1 unspecified atom stereocenters. The maximum absolute atomic E-state index is 12.5. The molecule has 3 heteroatoms. The van der Waals surface area contributed by atoms with Crippen LogP contribution in [0.3, 0.4) is 0 Å². The number of rotatable bonds is 4. The van der Waals surface area contributed by atoms with Gasteiger partial charge >= 0.3 is 0 Å². The summed E-state index contributed by atoms with van der Waals surface area (Å²) in [6.45, 7) is 3.08. The van der Waals surface area contributed by atoms with Gasteiger partial charge in [-0.1, -0.05) is 48.0 Å². The van der Waals surface area contributed by atoms with E-state index in [1.807, 2.05) is 31.2 Å². The van der Waals surface area contributed by atoms with Gasteiger partial charge in [0, 0.05) is 30.2 Å². The summed E-state index contributed by atoms with van der Waals surface area (Å²) in [5, 5.41) is 3.27. The van der Waals surface area contributed by atoms with E-state index in [4.69, 9.17) is 0 Å². The predicted molar refractivity (Wildman–Crippen MR) is 100 cm³/mol. The van der Waals surface area contributed by atoms with Crippen molar-refractivity contribution < 1.29 is 4.79 Å². The number of nitrogens with one attached hydrogen (secondary N) is 1. The third-order valence-electron chi connectivity index (χ3n) is 5.74. The summed E-state index contributed by atoms with van der Waals surface area (Å²) in [6.07, 6.45) is 4.66. The van der Waals surface area contributed by atoms with Gasteiger partial charge in [-0.25, -0.2) is 0 Å². The second kappa shape index (κ2) is 7.01. The number of fused-ring (bicyclic) bond motifs is 2. The van der Waals surface area contributed by atoms with E-state index in [9.17, 15) is 4.79 Å². The van der Waals surface area contributed by atoms with Crippen LogP contribution >= 0.6 is 0 Å². The molecule has 2 aromatic rings. The second-order valence-corrected chi connectivity index (χ2v) is 7.55. The van der Waals surface area contributed by atoms with Crippen LogP contribution < -0.4 is 5.32 Å². The number of aryl methyl sites for hydroxylation is 1. The van der Waals surface area contributed by atoms with Crippen LogP contribution in [-0.4, -0.2) is 28.9 Å². The Kier molecular flexibility index (Phi) is 4.58. The fourth-order valence-corrected chi connectivity index (χ4v) is 4.42. The topological polar surface area (TPSA) is 32.3 Å². The zero-order valence-corrected chi connectivity index (χ0v) is 14.8. The lowest BCUT2D eigenvalue weighted by molar-refractivity contribution is 0.0828. The van der Waals surface area contributed by atoms with Gasteiger partial charge in [0.2, 0.25) is 0 Å².